The molecule has 3 rings (SSSR count). The highest BCUT2D eigenvalue weighted by molar-refractivity contribution is 5.80. The minimum absolute atomic E-state index is 0.165. The van der Waals surface area contributed by atoms with Gasteiger partial charge in [-0.25, -0.2) is 0 Å². The standard InChI is InChI=1S/C14H21NO3/c1-15(10-5-9(6-10)14(17)18)13(16)11-4-2-3-8-7-12(8)11/h8-12H,2-7H2,1H3,(H,17,18). The van der Waals surface area contributed by atoms with Crippen LogP contribution in [0.4, 0.5) is 0 Å². The predicted molar refractivity (Wildman–Crippen MR) is 65.9 cm³/mol. The van der Waals surface area contributed by atoms with Crippen LogP contribution < -0.4 is 0 Å². The molecule has 3 aliphatic rings. The molecule has 3 unspecified atom stereocenters. The molecular formula is C14H21NO3. The largest absolute Gasteiger partial charge is 0.481 e. The smallest absolute Gasteiger partial charge is 0.306 e. The average Bonchev–Trinajstić information content (AvgIpc) is 3.03. The molecule has 18 heavy (non-hydrogen) atoms. The molecule has 0 bridgehead atoms. The summed E-state index contributed by atoms with van der Waals surface area (Å²) in [7, 11) is 1.86. The van der Waals surface area contributed by atoms with E-state index in [1.165, 1.54) is 19.3 Å². The summed E-state index contributed by atoms with van der Waals surface area (Å²) >= 11 is 0. The summed E-state index contributed by atoms with van der Waals surface area (Å²) in [4.78, 5) is 25.0. The third-order valence-electron chi connectivity index (χ3n) is 5.26. The Kier molecular flexibility index (Phi) is 2.83. The van der Waals surface area contributed by atoms with Crippen LogP contribution in [0.25, 0.3) is 0 Å². The Hall–Kier alpha value is -1.06. The van der Waals surface area contributed by atoms with E-state index >= 15 is 0 Å². The number of nitrogens with zero attached hydrogens (tertiary/aromatic N) is 1. The Morgan fingerprint density at radius 3 is 2.56 bits per heavy atom. The lowest BCUT2D eigenvalue weighted by molar-refractivity contribution is -0.151. The Labute approximate surface area is 107 Å². The maximum atomic E-state index is 12.4. The van der Waals surface area contributed by atoms with Gasteiger partial charge in [0.25, 0.3) is 0 Å². The highest BCUT2D eigenvalue weighted by Crippen LogP contribution is 2.53. The van der Waals surface area contributed by atoms with E-state index in [9.17, 15) is 9.59 Å². The first-order valence-electron chi connectivity index (χ1n) is 7.07. The molecule has 0 heterocycles. The predicted octanol–water partition coefficient (Wildman–Crippen LogP) is 1.74. The number of hydrogen-bond acceptors (Lipinski definition) is 2. The number of carbonyl (C=O) groups is 2. The summed E-state index contributed by atoms with van der Waals surface area (Å²) in [6.45, 7) is 0. The molecule has 3 aliphatic carbocycles. The SMILES string of the molecule is CN(C(=O)C1CCCC2CC21)C1CC(C(=O)O)C1. The van der Waals surface area contributed by atoms with Gasteiger partial charge in [0, 0.05) is 19.0 Å². The third kappa shape index (κ3) is 1.91. The molecule has 3 saturated carbocycles. The number of carboxylic acids is 1. The normalized spacial score (nSPS) is 41.5. The van der Waals surface area contributed by atoms with E-state index < -0.39 is 5.97 Å². The van der Waals surface area contributed by atoms with Crippen LogP contribution in [0.5, 0.6) is 0 Å². The molecule has 100 valence electrons. The average molecular weight is 251 g/mol. The van der Waals surface area contributed by atoms with E-state index in [0.717, 1.165) is 12.3 Å². The number of hydrogen-bond donors (Lipinski definition) is 1. The minimum Gasteiger partial charge on any atom is -0.481 e. The van der Waals surface area contributed by atoms with Gasteiger partial charge in [-0.3, -0.25) is 9.59 Å². The zero-order valence-corrected chi connectivity index (χ0v) is 10.8. The van der Waals surface area contributed by atoms with Crippen molar-refractivity contribution in [2.75, 3.05) is 7.05 Å². The second-order valence-corrected chi connectivity index (χ2v) is 6.31. The number of aliphatic carboxylic acids is 1. The molecule has 0 aromatic rings. The van der Waals surface area contributed by atoms with Crippen molar-refractivity contribution in [1.29, 1.82) is 0 Å². The van der Waals surface area contributed by atoms with Gasteiger partial charge in [0.2, 0.25) is 5.91 Å². The third-order valence-corrected chi connectivity index (χ3v) is 5.26. The quantitative estimate of drug-likeness (QED) is 0.831. The van der Waals surface area contributed by atoms with Crippen molar-refractivity contribution in [3.05, 3.63) is 0 Å². The monoisotopic (exact) mass is 251 g/mol. The summed E-state index contributed by atoms with van der Waals surface area (Å²) in [5.41, 5.74) is 0. The van der Waals surface area contributed by atoms with Crippen LogP contribution in [0.3, 0.4) is 0 Å². The second kappa shape index (κ2) is 4.25. The summed E-state index contributed by atoms with van der Waals surface area (Å²) in [6.07, 6.45) is 6.05. The molecule has 4 heteroatoms. The maximum absolute atomic E-state index is 12.4. The van der Waals surface area contributed by atoms with Crippen LogP contribution in [0.2, 0.25) is 0 Å². The summed E-state index contributed by atoms with van der Waals surface area (Å²) in [6, 6.07) is 0.165. The number of rotatable bonds is 3. The first-order chi connectivity index (χ1) is 8.58. The van der Waals surface area contributed by atoms with Gasteiger partial charge >= 0.3 is 5.97 Å². The van der Waals surface area contributed by atoms with Gasteiger partial charge in [-0.15, -0.1) is 0 Å². The molecule has 1 N–H and O–H groups in total. The van der Waals surface area contributed by atoms with E-state index in [1.54, 1.807) is 0 Å². The molecule has 3 fully saturated rings. The zero-order chi connectivity index (χ0) is 12.9. The highest BCUT2D eigenvalue weighted by Gasteiger charge is 2.50. The fourth-order valence-corrected chi connectivity index (χ4v) is 3.76. The summed E-state index contributed by atoms with van der Waals surface area (Å²) in [5.74, 6) is 1.02. The van der Waals surface area contributed by atoms with Crippen molar-refractivity contribution in [1.82, 2.24) is 4.90 Å². The van der Waals surface area contributed by atoms with Crippen molar-refractivity contribution in [3.8, 4) is 0 Å². The van der Waals surface area contributed by atoms with E-state index in [1.807, 2.05) is 11.9 Å². The van der Waals surface area contributed by atoms with Crippen LogP contribution in [0, 0.1) is 23.7 Å². The Morgan fingerprint density at radius 1 is 1.17 bits per heavy atom. The van der Waals surface area contributed by atoms with Crippen molar-refractivity contribution >= 4 is 11.9 Å². The molecule has 3 atom stereocenters. The lowest BCUT2D eigenvalue weighted by Crippen LogP contribution is -2.50. The van der Waals surface area contributed by atoms with Crippen molar-refractivity contribution in [3.63, 3.8) is 0 Å². The summed E-state index contributed by atoms with van der Waals surface area (Å²) < 4.78 is 0. The van der Waals surface area contributed by atoms with Crippen LogP contribution in [-0.2, 0) is 9.59 Å². The molecule has 0 aromatic heterocycles. The highest BCUT2D eigenvalue weighted by atomic mass is 16.4. The van der Waals surface area contributed by atoms with Gasteiger partial charge < -0.3 is 10.0 Å². The van der Waals surface area contributed by atoms with E-state index in [4.69, 9.17) is 5.11 Å². The lowest BCUT2D eigenvalue weighted by Gasteiger charge is -2.41. The first kappa shape index (κ1) is 12.0. The number of carboxylic acid groups (broad SMARTS) is 1. The zero-order valence-electron chi connectivity index (χ0n) is 10.8. The van der Waals surface area contributed by atoms with Gasteiger partial charge in [0.1, 0.15) is 0 Å². The number of carbonyl (C=O) groups excluding carboxylic acids is 1. The molecule has 0 aliphatic heterocycles. The molecule has 4 nitrogen and oxygen atoms in total. The number of fused-ring (bicyclic) bond motifs is 1. The maximum Gasteiger partial charge on any atom is 0.306 e. The van der Waals surface area contributed by atoms with Gasteiger partial charge in [-0.2, -0.15) is 0 Å². The van der Waals surface area contributed by atoms with Crippen molar-refractivity contribution in [2.45, 2.75) is 44.6 Å². The van der Waals surface area contributed by atoms with Gasteiger partial charge in [-0.05, 0) is 37.5 Å². The number of amides is 1. The molecule has 1 amide bonds. The van der Waals surface area contributed by atoms with Crippen LogP contribution >= 0.6 is 0 Å². The van der Waals surface area contributed by atoms with Crippen LogP contribution in [0.15, 0.2) is 0 Å². The second-order valence-electron chi connectivity index (χ2n) is 6.31. The van der Waals surface area contributed by atoms with Crippen LogP contribution in [-0.4, -0.2) is 35.0 Å². The van der Waals surface area contributed by atoms with Crippen molar-refractivity contribution < 1.29 is 14.7 Å². The Morgan fingerprint density at radius 2 is 1.89 bits per heavy atom. The molecule has 0 saturated heterocycles. The molecule has 0 aromatic carbocycles. The molecular weight excluding hydrogens is 230 g/mol. The lowest BCUT2D eigenvalue weighted by atomic mass is 9.78. The van der Waals surface area contributed by atoms with E-state index in [-0.39, 0.29) is 23.8 Å². The van der Waals surface area contributed by atoms with E-state index in [2.05, 4.69) is 0 Å². The van der Waals surface area contributed by atoms with Crippen LogP contribution in [0.1, 0.15) is 38.5 Å². The van der Waals surface area contributed by atoms with E-state index in [0.29, 0.717) is 18.8 Å². The summed E-state index contributed by atoms with van der Waals surface area (Å²) in [5, 5.41) is 8.87. The fourth-order valence-electron chi connectivity index (χ4n) is 3.76. The minimum atomic E-state index is -0.716. The Bertz CT molecular complexity index is 375. The Balaban J connectivity index is 1.55. The topological polar surface area (TPSA) is 57.6 Å². The van der Waals surface area contributed by atoms with Gasteiger partial charge in [0.15, 0.2) is 0 Å². The van der Waals surface area contributed by atoms with Crippen molar-refractivity contribution in [2.24, 2.45) is 23.7 Å². The van der Waals surface area contributed by atoms with Gasteiger partial charge in [0.05, 0.1) is 5.92 Å². The molecule has 0 radical (unpaired) electrons. The molecule has 0 spiro atoms. The fraction of sp³-hybridized carbons (Fsp3) is 0.857. The first-order valence-corrected chi connectivity index (χ1v) is 7.07. The van der Waals surface area contributed by atoms with Gasteiger partial charge in [-0.1, -0.05) is 12.8 Å².